The Morgan fingerprint density at radius 3 is 2.54 bits per heavy atom. The van der Waals surface area contributed by atoms with Crippen molar-refractivity contribution in [1.82, 2.24) is 4.57 Å². The second-order valence-corrected chi connectivity index (χ2v) is 4.88. The average Bonchev–Trinajstić information content (AvgIpc) is 2.52. The van der Waals surface area contributed by atoms with Crippen molar-refractivity contribution < 1.29 is 12.4 Å². The summed E-state index contributed by atoms with van der Waals surface area (Å²) in [4.78, 5) is 0. The van der Waals surface area contributed by atoms with Crippen molar-refractivity contribution in [2.75, 3.05) is 5.75 Å². The molecule has 0 aliphatic heterocycles. The second-order valence-electron chi connectivity index (χ2n) is 2.89. The molecule has 0 N–H and O–H groups in total. The molecule has 0 radical (unpaired) electrons. The van der Waals surface area contributed by atoms with Gasteiger partial charge in [-0.3, -0.25) is 0 Å². The first-order valence-electron chi connectivity index (χ1n) is 4.40. The standard InChI is InChI=1S/C8H15N2O2S/c1-3-7-13(11,12)10-6-5-9(4-2)8-10/h5-6,8H,3-4,7H2,1-2H3/q+1. The molecule has 0 amide bonds. The maximum atomic E-state index is 11.5. The van der Waals surface area contributed by atoms with E-state index in [2.05, 4.69) is 0 Å². The van der Waals surface area contributed by atoms with Crippen LogP contribution in [0.4, 0.5) is 0 Å². The van der Waals surface area contributed by atoms with Crippen LogP contribution in [0.3, 0.4) is 0 Å². The molecule has 0 saturated carbocycles. The maximum absolute atomic E-state index is 11.5. The summed E-state index contributed by atoms with van der Waals surface area (Å²) in [6.45, 7) is 4.61. The maximum Gasteiger partial charge on any atom is 0.304 e. The molecule has 4 nitrogen and oxygen atoms in total. The van der Waals surface area contributed by atoms with Crippen molar-refractivity contribution in [3.05, 3.63) is 18.7 Å². The van der Waals surface area contributed by atoms with E-state index >= 15 is 0 Å². The van der Waals surface area contributed by atoms with E-state index in [1.807, 2.05) is 18.4 Å². The van der Waals surface area contributed by atoms with E-state index in [0.717, 1.165) is 6.54 Å². The van der Waals surface area contributed by atoms with Gasteiger partial charge in [-0.2, -0.15) is 8.42 Å². The summed E-state index contributed by atoms with van der Waals surface area (Å²) in [5, 5.41) is 0. The number of rotatable bonds is 4. The van der Waals surface area contributed by atoms with Gasteiger partial charge in [0.2, 0.25) is 0 Å². The monoisotopic (exact) mass is 203 g/mol. The first kappa shape index (κ1) is 10.2. The third-order valence-corrected chi connectivity index (χ3v) is 3.60. The lowest BCUT2D eigenvalue weighted by Gasteiger charge is -1.95. The van der Waals surface area contributed by atoms with Crippen LogP contribution in [0.2, 0.25) is 0 Å². The van der Waals surface area contributed by atoms with Crippen LogP contribution in [0, 0.1) is 0 Å². The predicted octanol–water partition coefficient (Wildman–Crippen LogP) is 0.383. The minimum absolute atomic E-state index is 0.200. The van der Waals surface area contributed by atoms with Crippen LogP contribution in [0.5, 0.6) is 0 Å². The van der Waals surface area contributed by atoms with Gasteiger partial charge in [0, 0.05) is 0 Å². The topological polar surface area (TPSA) is 43.0 Å². The zero-order valence-electron chi connectivity index (χ0n) is 7.97. The van der Waals surface area contributed by atoms with Gasteiger partial charge in [0.15, 0.2) is 0 Å². The van der Waals surface area contributed by atoms with Crippen molar-refractivity contribution in [1.29, 1.82) is 0 Å². The Kier molecular flexibility index (Phi) is 3.08. The van der Waals surface area contributed by atoms with Crippen LogP contribution < -0.4 is 3.97 Å². The Morgan fingerprint density at radius 2 is 2.08 bits per heavy atom. The number of imidazole rings is 1. The number of hydrogen-bond donors (Lipinski definition) is 0. The summed E-state index contributed by atoms with van der Waals surface area (Å²) in [5.74, 6) is 0.200. The highest BCUT2D eigenvalue weighted by Gasteiger charge is 2.17. The highest BCUT2D eigenvalue weighted by molar-refractivity contribution is 7.84. The van der Waals surface area contributed by atoms with Gasteiger partial charge in [-0.15, -0.1) is 3.97 Å². The molecule has 1 heterocycles. The predicted molar refractivity (Wildman–Crippen MR) is 49.8 cm³/mol. The Morgan fingerprint density at radius 1 is 1.38 bits per heavy atom. The molecule has 1 rings (SSSR count). The van der Waals surface area contributed by atoms with Gasteiger partial charge in [-0.25, -0.2) is 4.57 Å². The number of aryl methyl sites for hydroxylation is 1. The molecule has 74 valence electrons. The first-order chi connectivity index (χ1) is 6.10. The van der Waals surface area contributed by atoms with E-state index in [9.17, 15) is 8.42 Å². The summed E-state index contributed by atoms with van der Waals surface area (Å²) in [6, 6.07) is 0. The fourth-order valence-corrected chi connectivity index (χ4v) is 2.32. The minimum atomic E-state index is -3.10. The molecule has 0 aromatic carbocycles. The normalized spacial score (nSPS) is 11.8. The van der Waals surface area contributed by atoms with Crippen LogP contribution in [0.15, 0.2) is 18.7 Å². The molecule has 1 aromatic heterocycles. The lowest BCUT2D eigenvalue weighted by Crippen LogP contribution is -2.42. The Hall–Kier alpha value is -0.840. The van der Waals surface area contributed by atoms with Crippen LogP contribution in [0.1, 0.15) is 20.3 Å². The van der Waals surface area contributed by atoms with E-state index < -0.39 is 10.0 Å². The molecule has 0 fully saturated rings. The Labute approximate surface area is 78.9 Å². The lowest BCUT2D eigenvalue weighted by molar-refractivity contribution is -0.510. The third-order valence-electron chi connectivity index (χ3n) is 1.82. The van der Waals surface area contributed by atoms with Crippen molar-refractivity contribution in [2.45, 2.75) is 26.8 Å². The number of nitrogens with zero attached hydrogens (tertiary/aromatic N) is 2. The number of aromatic nitrogens is 2. The van der Waals surface area contributed by atoms with Crippen molar-refractivity contribution in [2.24, 2.45) is 0 Å². The van der Waals surface area contributed by atoms with E-state index in [4.69, 9.17) is 0 Å². The molecule has 0 aliphatic carbocycles. The summed E-state index contributed by atoms with van der Waals surface area (Å²) in [5.41, 5.74) is 0. The lowest BCUT2D eigenvalue weighted by atomic mass is 10.6. The molecule has 0 aliphatic rings. The van der Waals surface area contributed by atoms with Crippen molar-refractivity contribution >= 4 is 10.0 Å². The van der Waals surface area contributed by atoms with Crippen molar-refractivity contribution in [3.8, 4) is 0 Å². The Balaban J connectivity index is 2.94. The van der Waals surface area contributed by atoms with Gasteiger partial charge in [-0.1, -0.05) is 6.92 Å². The van der Waals surface area contributed by atoms with E-state index in [0.29, 0.717) is 6.42 Å². The Bertz CT molecular complexity index is 367. The zero-order chi connectivity index (χ0) is 9.90. The van der Waals surface area contributed by atoms with E-state index in [1.165, 1.54) is 3.97 Å². The van der Waals surface area contributed by atoms with Gasteiger partial charge in [0.25, 0.3) is 6.33 Å². The second kappa shape index (κ2) is 3.91. The fraction of sp³-hybridized carbons (Fsp3) is 0.625. The quantitative estimate of drug-likeness (QED) is 0.664. The minimum Gasteiger partial charge on any atom is -0.236 e. The van der Waals surface area contributed by atoms with Crippen LogP contribution >= 0.6 is 0 Å². The SMILES string of the molecule is CCCS(=O)(=O)[n+]1ccn(CC)c1. The smallest absolute Gasteiger partial charge is 0.236 e. The molecular formula is C8H15N2O2S+. The van der Waals surface area contributed by atoms with E-state index in [1.54, 1.807) is 18.7 Å². The highest BCUT2D eigenvalue weighted by atomic mass is 32.2. The molecule has 0 spiro atoms. The molecule has 0 atom stereocenters. The van der Waals surface area contributed by atoms with Crippen LogP contribution in [-0.2, 0) is 16.6 Å². The molecule has 1 aromatic rings. The molecule has 13 heavy (non-hydrogen) atoms. The first-order valence-corrected chi connectivity index (χ1v) is 6.01. The van der Waals surface area contributed by atoms with Gasteiger partial charge < -0.3 is 0 Å². The fourth-order valence-electron chi connectivity index (χ4n) is 1.09. The van der Waals surface area contributed by atoms with Gasteiger partial charge in [0.1, 0.15) is 12.4 Å². The average molecular weight is 203 g/mol. The molecule has 0 bridgehead atoms. The third kappa shape index (κ3) is 2.30. The summed E-state index contributed by atoms with van der Waals surface area (Å²) >= 11 is 0. The molecule has 5 heteroatoms. The van der Waals surface area contributed by atoms with Crippen molar-refractivity contribution in [3.63, 3.8) is 0 Å². The van der Waals surface area contributed by atoms with Gasteiger partial charge >= 0.3 is 10.0 Å². The molecule has 0 unspecified atom stereocenters. The van der Waals surface area contributed by atoms with E-state index in [-0.39, 0.29) is 5.75 Å². The molecule has 0 saturated heterocycles. The summed E-state index contributed by atoms with van der Waals surface area (Å²) in [6.07, 6.45) is 5.58. The summed E-state index contributed by atoms with van der Waals surface area (Å²) in [7, 11) is -3.10. The van der Waals surface area contributed by atoms with Crippen LogP contribution in [-0.4, -0.2) is 18.7 Å². The largest absolute Gasteiger partial charge is 0.304 e. The summed E-state index contributed by atoms with van der Waals surface area (Å²) < 4.78 is 26.1. The van der Waals surface area contributed by atoms with Crippen LogP contribution in [0.25, 0.3) is 0 Å². The molecular weight excluding hydrogens is 188 g/mol. The van der Waals surface area contributed by atoms with Gasteiger partial charge in [0.05, 0.1) is 12.3 Å². The zero-order valence-corrected chi connectivity index (χ0v) is 8.79. The highest BCUT2D eigenvalue weighted by Crippen LogP contribution is 1.90. The number of hydrogen-bond acceptors (Lipinski definition) is 2. The van der Waals surface area contributed by atoms with Gasteiger partial charge in [-0.05, 0) is 13.3 Å².